The van der Waals surface area contributed by atoms with Crippen LogP contribution in [-0.4, -0.2) is 32.2 Å². The third-order valence-corrected chi connectivity index (χ3v) is 8.16. The van der Waals surface area contributed by atoms with E-state index in [1.54, 1.807) is 0 Å². The van der Waals surface area contributed by atoms with Crippen LogP contribution in [0.3, 0.4) is 0 Å². The van der Waals surface area contributed by atoms with Crippen LogP contribution in [0.5, 0.6) is 0 Å². The lowest BCUT2D eigenvalue weighted by Crippen LogP contribution is -2.14. The van der Waals surface area contributed by atoms with Gasteiger partial charge in [-0.15, -0.1) is 20.4 Å². The first-order valence-corrected chi connectivity index (χ1v) is 13.6. The number of aromatic nitrogens is 4. The first-order chi connectivity index (χ1) is 17.6. The van der Waals surface area contributed by atoms with Crippen molar-refractivity contribution in [2.24, 2.45) is 0 Å². The van der Waals surface area contributed by atoms with Crippen LogP contribution in [0.4, 0.5) is 10.3 Å². The Kier molecular flexibility index (Phi) is 7.73. The van der Waals surface area contributed by atoms with Crippen molar-refractivity contribution in [3.05, 3.63) is 81.8 Å². The average molecular weight is 519 g/mol. The normalized spacial score (nSPS) is 17.4. The highest BCUT2D eigenvalue weighted by molar-refractivity contribution is 7.15. The predicted molar refractivity (Wildman–Crippen MR) is 141 cm³/mol. The van der Waals surface area contributed by atoms with Crippen molar-refractivity contribution in [3.8, 4) is 0 Å². The summed E-state index contributed by atoms with van der Waals surface area (Å²) >= 11 is 2.89. The molecule has 0 radical (unpaired) electrons. The second-order valence-electron chi connectivity index (χ2n) is 8.87. The molecule has 36 heavy (non-hydrogen) atoms. The van der Waals surface area contributed by atoms with Gasteiger partial charge in [-0.25, -0.2) is 0 Å². The zero-order valence-corrected chi connectivity index (χ0v) is 21.2. The zero-order valence-electron chi connectivity index (χ0n) is 19.6. The summed E-state index contributed by atoms with van der Waals surface area (Å²) in [6.45, 7) is 0. The van der Waals surface area contributed by atoms with Gasteiger partial charge in [0.05, 0.1) is 12.8 Å². The largest absolute Gasteiger partial charge is 0.300 e. The maximum absolute atomic E-state index is 12.4. The molecule has 184 valence electrons. The van der Waals surface area contributed by atoms with Gasteiger partial charge >= 0.3 is 0 Å². The van der Waals surface area contributed by atoms with E-state index < -0.39 is 0 Å². The first kappa shape index (κ1) is 24.2. The summed E-state index contributed by atoms with van der Waals surface area (Å²) in [5.41, 5.74) is 1.92. The maximum atomic E-state index is 12.4. The summed E-state index contributed by atoms with van der Waals surface area (Å²) in [5.74, 6) is 0.337. The second-order valence-corrected chi connectivity index (χ2v) is 10.9. The number of nitrogens with one attached hydrogen (secondary N) is 2. The molecule has 1 fully saturated rings. The molecule has 0 spiro atoms. The molecule has 2 aromatic heterocycles. The van der Waals surface area contributed by atoms with E-state index in [2.05, 4.69) is 31.0 Å². The zero-order chi connectivity index (χ0) is 24.7. The third-order valence-electron chi connectivity index (χ3n) is 6.16. The number of carbonyl (C=O) groups excluding carboxylic acids is 2. The molecule has 1 saturated carbocycles. The minimum atomic E-state index is -0.0962. The molecule has 1 aliphatic carbocycles. The van der Waals surface area contributed by atoms with Crippen LogP contribution < -0.4 is 10.6 Å². The highest BCUT2D eigenvalue weighted by Crippen LogP contribution is 2.43. The van der Waals surface area contributed by atoms with E-state index in [4.69, 9.17) is 0 Å². The molecule has 0 saturated heterocycles. The Hall–Kier alpha value is -3.50. The topological polar surface area (TPSA) is 110 Å². The fraction of sp³-hybridized carbons (Fsp3) is 0.308. The van der Waals surface area contributed by atoms with Gasteiger partial charge in [-0.05, 0) is 30.4 Å². The molecule has 0 bridgehead atoms. The predicted octanol–water partition coefficient (Wildman–Crippen LogP) is 5.19. The number of anilines is 2. The third kappa shape index (κ3) is 6.38. The Labute approximate surface area is 217 Å². The van der Waals surface area contributed by atoms with E-state index in [0.717, 1.165) is 46.8 Å². The molecule has 4 aromatic rings. The smallest absolute Gasteiger partial charge is 0.230 e. The van der Waals surface area contributed by atoms with E-state index in [0.29, 0.717) is 23.1 Å². The molecular weight excluding hydrogens is 492 g/mol. The lowest BCUT2D eigenvalue weighted by atomic mass is 9.82. The molecule has 10 heteroatoms. The summed E-state index contributed by atoms with van der Waals surface area (Å²) in [5, 5.41) is 25.9. The quantitative estimate of drug-likeness (QED) is 0.332. The Bertz CT molecular complexity index is 1210. The van der Waals surface area contributed by atoms with Crippen LogP contribution in [0.2, 0.25) is 0 Å². The Morgan fingerprint density at radius 1 is 0.694 bits per heavy atom. The van der Waals surface area contributed by atoms with Gasteiger partial charge in [-0.3, -0.25) is 9.59 Å². The molecular formula is C26H26N6O2S2. The van der Waals surface area contributed by atoms with Crippen molar-refractivity contribution >= 4 is 44.8 Å². The molecule has 0 unspecified atom stereocenters. The van der Waals surface area contributed by atoms with E-state index in [-0.39, 0.29) is 23.7 Å². The molecule has 5 rings (SSSR count). The van der Waals surface area contributed by atoms with Crippen LogP contribution in [0.15, 0.2) is 60.7 Å². The lowest BCUT2D eigenvalue weighted by molar-refractivity contribution is -0.116. The molecule has 2 heterocycles. The number of nitrogens with zero attached hydrogens (tertiary/aromatic N) is 4. The molecule has 0 aliphatic heterocycles. The molecule has 2 atom stereocenters. The minimum Gasteiger partial charge on any atom is -0.300 e. The van der Waals surface area contributed by atoms with E-state index in [1.165, 1.54) is 22.7 Å². The van der Waals surface area contributed by atoms with Gasteiger partial charge in [0, 0.05) is 11.8 Å². The molecule has 2 aromatic carbocycles. The minimum absolute atomic E-state index is 0.0962. The van der Waals surface area contributed by atoms with Gasteiger partial charge < -0.3 is 10.6 Å². The van der Waals surface area contributed by atoms with Gasteiger partial charge in [0.2, 0.25) is 22.1 Å². The lowest BCUT2D eigenvalue weighted by Gasteiger charge is -2.25. The summed E-state index contributed by atoms with van der Waals surface area (Å²) in [6, 6.07) is 19.3. The number of benzene rings is 2. The summed E-state index contributed by atoms with van der Waals surface area (Å²) in [6.07, 6.45) is 4.63. The van der Waals surface area contributed by atoms with Crippen LogP contribution in [0.25, 0.3) is 0 Å². The molecule has 1 aliphatic rings. The first-order valence-electron chi connectivity index (χ1n) is 12.0. The molecule has 2 amide bonds. The summed E-state index contributed by atoms with van der Waals surface area (Å²) < 4.78 is 0. The summed E-state index contributed by atoms with van der Waals surface area (Å²) in [4.78, 5) is 24.7. The van der Waals surface area contributed by atoms with Crippen LogP contribution in [0, 0.1) is 0 Å². The number of hydrogen-bond donors (Lipinski definition) is 2. The van der Waals surface area contributed by atoms with Crippen LogP contribution in [-0.2, 0) is 22.4 Å². The van der Waals surface area contributed by atoms with Gasteiger partial charge in [0.25, 0.3) is 0 Å². The van der Waals surface area contributed by atoms with Gasteiger partial charge in [-0.2, -0.15) is 0 Å². The van der Waals surface area contributed by atoms with Crippen molar-refractivity contribution in [1.82, 2.24) is 20.4 Å². The fourth-order valence-corrected chi connectivity index (χ4v) is 6.24. The Morgan fingerprint density at radius 3 is 1.58 bits per heavy atom. The highest BCUT2D eigenvalue weighted by atomic mass is 32.1. The Morgan fingerprint density at radius 2 is 1.14 bits per heavy atom. The van der Waals surface area contributed by atoms with Gasteiger partial charge in [-0.1, -0.05) is 89.8 Å². The monoisotopic (exact) mass is 518 g/mol. The highest BCUT2D eigenvalue weighted by Gasteiger charge is 2.29. The Balaban J connectivity index is 1.15. The van der Waals surface area contributed by atoms with E-state index in [9.17, 15) is 9.59 Å². The average Bonchev–Trinajstić information content (AvgIpc) is 3.55. The number of hydrogen-bond acceptors (Lipinski definition) is 8. The van der Waals surface area contributed by atoms with Crippen LogP contribution in [0.1, 0.15) is 58.7 Å². The summed E-state index contributed by atoms with van der Waals surface area (Å²) in [7, 11) is 0. The second kappa shape index (κ2) is 11.5. The van der Waals surface area contributed by atoms with Crippen molar-refractivity contribution in [3.63, 3.8) is 0 Å². The standard InChI is InChI=1S/C26H26N6O2S2/c33-21(14-17-8-3-1-4-9-17)27-25-31-29-23(35-25)19-12-7-13-20(16-19)24-30-32-26(36-24)28-22(34)15-18-10-5-2-6-11-18/h1-6,8-11,19-20H,7,12-16H2,(H,27,31,33)(H,28,32,34)/t19-,20+. The van der Waals surface area contributed by atoms with Crippen molar-refractivity contribution < 1.29 is 9.59 Å². The van der Waals surface area contributed by atoms with Crippen molar-refractivity contribution in [1.29, 1.82) is 0 Å². The van der Waals surface area contributed by atoms with E-state index >= 15 is 0 Å². The van der Waals surface area contributed by atoms with Gasteiger partial charge in [0.15, 0.2) is 0 Å². The maximum Gasteiger partial charge on any atom is 0.230 e. The molecule has 8 nitrogen and oxygen atoms in total. The van der Waals surface area contributed by atoms with Gasteiger partial charge in [0.1, 0.15) is 10.0 Å². The fourth-order valence-electron chi connectivity index (χ4n) is 4.43. The number of rotatable bonds is 8. The molecule has 2 N–H and O–H groups in total. The van der Waals surface area contributed by atoms with Crippen molar-refractivity contribution in [2.45, 2.75) is 50.4 Å². The van der Waals surface area contributed by atoms with Crippen molar-refractivity contribution in [2.75, 3.05) is 10.6 Å². The van der Waals surface area contributed by atoms with Crippen LogP contribution >= 0.6 is 22.7 Å². The number of amides is 2. The SMILES string of the molecule is O=C(Cc1ccccc1)Nc1nnc([C@@H]2CCC[C@H](c3nnc(NC(=O)Cc4ccccc4)s3)C2)s1. The number of carbonyl (C=O) groups is 2. The van der Waals surface area contributed by atoms with E-state index in [1.807, 2.05) is 60.7 Å².